The van der Waals surface area contributed by atoms with Gasteiger partial charge >= 0.3 is 23.9 Å². The molecule has 3 aliphatic carbocycles. The van der Waals surface area contributed by atoms with Crippen molar-refractivity contribution < 1.29 is 106 Å². The maximum absolute atomic E-state index is 15.5. The molecule has 101 heavy (non-hydrogen) atoms. The zero-order valence-corrected chi connectivity index (χ0v) is 58.9. The number of rotatable bonds is 31. The minimum absolute atomic E-state index is 0.00669. The Balaban J connectivity index is 1.04. The molecule has 1 unspecified atom stereocenters. The third kappa shape index (κ3) is 18.9. The number of primary amides is 1. The van der Waals surface area contributed by atoms with E-state index in [-0.39, 0.29) is 84.8 Å². The van der Waals surface area contributed by atoms with Crippen LogP contribution in [0.25, 0.3) is 6.08 Å². The molecule has 7 rings (SSSR count). The second kappa shape index (κ2) is 33.6. The topological polar surface area (TPSA) is 410 Å². The largest absolute Gasteiger partial charge is 0.467 e. The van der Waals surface area contributed by atoms with E-state index in [9.17, 15) is 68.0 Å². The van der Waals surface area contributed by atoms with Crippen LogP contribution in [0, 0.1) is 28.0 Å². The molecule has 3 aromatic carbocycles. The molecule has 550 valence electrons. The highest BCUT2D eigenvalue weighted by Crippen LogP contribution is 2.67. The Morgan fingerprint density at radius 3 is 2.12 bits per heavy atom. The third-order valence-corrected chi connectivity index (χ3v) is 19.8. The predicted octanol–water partition coefficient (Wildman–Crippen LogP) is 4.12. The quantitative estimate of drug-likeness (QED) is 0.0108. The van der Waals surface area contributed by atoms with Gasteiger partial charge in [-0.05, 0) is 127 Å². The highest BCUT2D eigenvalue weighted by Gasteiger charge is 2.76. The average molecular weight is 1430 g/mol. The second-order valence-electron chi connectivity index (χ2n) is 27.9. The van der Waals surface area contributed by atoms with Crippen molar-refractivity contribution in [3.8, 4) is 0 Å². The van der Waals surface area contributed by atoms with Gasteiger partial charge in [0.05, 0.1) is 60.0 Å². The molecule has 0 radical (unpaired) electrons. The second-order valence-corrected chi connectivity index (χ2v) is 28.3. The molecule has 3 fully saturated rings. The molecular formula is C72H92ClFN6O21. The fourth-order valence-electron chi connectivity index (χ4n) is 14.2. The average Bonchev–Trinajstić information content (AvgIpc) is 0.670. The number of halogens is 2. The van der Waals surface area contributed by atoms with Crippen LogP contribution in [-0.4, -0.2) is 178 Å². The zero-order valence-electron chi connectivity index (χ0n) is 58.1. The summed E-state index contributed by atoms with van der Waals surface area (Å²) >= 11 is 6.00. The molecular weight excluding hydrogens is 1340 g/mol. The van der Waals surface area contributed by atoms with Gasteiger partial charge in [0.15, 0.2) is 5.78 Å². The number of benzene rings is 3. The van der Waals surface area contributed by atoms with Crippen molar-refractivity contribution in [3.63, 3.8) is 0 Å². The van der Waals surface area contributed by atoms with E-state index in [2.05, 4.69) is 26.6 Å². The first-order valence-corrected chi connectivity index (χ1v) is 33.7. The number of nitrogens with one attached hydrogen (secondary N) is 5. The van der Waals surface area contributed by atoms with Gasteiger partial charge in [0.2, 0.25) is 42.1 Å². The molecule has 15 atom stereocenters. The van der Waals surface area contributed by atoms with Crippen LogP contribution in [-0.2, 0) is 76.4 Å². The number of esters is 4. The molecule has 1 heterocycles. The van der Waals surface area contributed by atoms with E-state index in [1.54, 1.807) is 69.3 Å². The van der Waals surface area contributed by atoms with Gasteiger partial charge < -0.3 is 80.6 Å². The first kappa shape index (κ1) is 80.0. The number of nitrogens with two attached hydrogens (primary N) is 1. The van der Waals surface area contributed by atoms with Gasteiger partial charge in [-0.15, -0.1) is 0 Å². The van der Waals surface area contributed by atoms with Gasteiger partial charge in [-0.2, -0.15) is 0 Å². The summed E-state index contributed by atoms with van der Waals surface area (Å²) in [6.07, 6.45) is -11.9. The van der Waals surface area contributed by atoms with Crippen LogP contribution in [0.5, 0.6) is 0 Å². The van der Waals surface area contributed by atoms with E-state index >= 15 is 9.59 Å². The number of amides is 5. The molecule has 1 aliphatic heterocycles. The summed E-state index contributed by atoms with van der Waals surface area (Å²) in [5, 5.41) is 63.0. The van der Waals surface area contributed by atoms with E-state index in [0.29, 0.717) is 5.56 Å². The number of ether oxygens (including phenoxy) is 6. The lowest BCUT2D eigenvalue weighted by molar-refractivity contribution is -0.319. The van der Waals surface area contributed by atoms with Gasteiger partial charge in [0.25, 0.3) is 0 Å². The molecule has 0 aromatic heterocycles. The van der Waals surface area contributed by atoms with E-state index in [1.807, 2.05) is 0 Å². The standard InChI is InChI=1S/C72H92ClFN6O21/c1-38(81)35-71-37-97-50(71)34-49(82)70(9)59(71)61(100-64(91)43-21-15-12-16-22-43)72(95)36-48(39(2)55(69(72,7)8)57(87)60(70)88)98-66(93)58(56(42-19-13-11-14-20-42)80-67(94)101-68(4,5)6)99-54(86)31-30-51(83)76-32-18-17-23-47(65(92)96-10)78-53(85)29-27-46(62(75)89)79-63(90)40(3)77-52(84)28-25-41-24-26-44(74)33-45(41)73/h11-16,19-22,24-26,28,33,40,46-50,56-59,61,67,80,82,87,94-95H,17-18,23,27,29-32,34-37H2,1-10H3,(H2,75,89)(H,76,83)(H,77,84)(H,78,85)(H,79,90)/b28-25+/t40-,46+,47-,48-,49-,50+,56-,57+,58+,59-,61-,67?,70+,71+,72+/m0/s1. The van der Waals surface area contributed by atoms with Crippen LogP contribution >= 0.6 is 11.6 Å². The lowest BCUT2D eigenvalue weighted by atomic mass is 9.41. The van der Waals surface area contributed by atoms with Crippen LogP contribution in [0.1, 0.15) is 154 Å². The fraction of sp³-hybridized carbons (Fsp3) is 0.542. The van der Waals surface area contributed by atoms with Crippen molar-refractivity contribution in [1.29, 1.82) is 0 Å². The summed E-state index contributed by atoms with van der Waals surface area (Å²) < 4.78 is 49.0. The van der Waals surface area contributed by atoms with Crippen LogP contribution in [0.15, 0.2) is 96.1 Å². The number of fused-ring (bicyclic) bond motifs is 5. The summed E-state index contributed by atoms with van der Waals surface area (Å²) in [7, 11) is 1.10. The lowest BCUT2D eigenvalue weighted by Gasteiger charge is -2.68. The van der Waals surface area contributed by atoms with Crippen LogP contribution in [0.2, 0.25) is 5.02 Å². The monoisotopic (exact) mass is 1430 g/mol. The van der Waals surface area contributed by atoms with Crippen molar-refractivity contribution in [3.05, 3.63) is 124 Å². The van der Waals surface area contributed by atoms with Gasteiger partial charge in [0, 0.05) is 61.5 Å². The van der Waals surface area contributed by atoms with Crippen LogP contribution in [0.4, 0.5) is 4.39 Å². The number of carbonyl (C=O) groups excluding carboxylic acids is 11. The Kier molecular flexibility index (Phi) is 26.6. The van der Waals surface area contributed by atoms with Crippen molar-refractivity contribution in [1.82, 2.24) is 26.6 Å². The smallest absolute Gasteiger partial charge is 0.350 e. The Hall–Kier alpha value is -8.35. The Bertz CT molecular complexity index is 3650. The summed E-state index contributed by atoms with van der Waals surface area (Å²) in [6, 6.07) is 14.0. The number of aliphatic hydroxyl groups excluding tert-OH is 3. The maximum atomic E-state index is 15.5. The highest BCUT2D eigenvalue weighted by atomic mass is 35.5. The van der Waals surface area contributed by atoms with Crippen molar-refractivity contribution in [2.75, 3.05) is 20.3 Å². The molecule has 29 heteroatoms. The van der Waals surface area contributed by atoms with Gasteiger partial charge in [-0.1, -0.05) is 80.0 Å². The number of carbonyl (C=O) groups is 11. The van der Waals surface area contributed by atoms with Crippen LogP contribution in [0.3, 0.4) is 0 Å². The molecule has 2 bridgehead atoms. The number of unbranched alkanes of at least 4 members (excludes halogenated alkanes) is 1. The molecule has 2 saturated carbocycles. The number of hydrogen-bond acceptors (Lipinski definition) is 22. The summed E-state index contributed by atoms with van der Waals surface area (Å²) in [6.45, 7) is 13.4. The van der Waals surface area contributed by atoms with E-state index in [1.165, 1.54) is 65.8 Å². The minimum atomic E-state index is -2.45. The normalized spacial score (nSPS) is 25.4. The molecule has 0 spiro atoms. The van der Waals surface area contributed by atoms with Crippen molar-refractivity contribution in [2.45, 2.75) is 205 Å². The number of hydrogen-bond donors (Lipinski definition) is 10. The Morgan fingerprint density at radius 2 is 1.51 bits per heavy atom. The van der Waals surface area contributed by atoms with E-state index in [4.69, 9.17) is 45.8 Å². The number of aliphatic hydroxyl groups is 4. The van der Waals surface area contributed by atoms with Gasteiger partial charge in [-0.3, -0.25) is 38.9 Å². The molecule has 27 nitrogen and oxygen atoms in total. The van der Waals surface area contributed by atoms with Crippen molar-refractivity contribution in [2.24, 2.45) is 27.9 Å². The van der Waals surface area contributed by atoms with Crippen molar-refractivity contribution >= 4 is 82.7 Å². The van der Waals surface area contributed by atoms with E-state index < -0.39 is 191 Å². The number of ketones is 2. The predicted molar refractivity (Wildman–Crippen MR) is 360 cm³/mol. The third-order valence-electron chi connectivity index (χ3n) is 19.5. The molecule has 5 amide bonds. The first-order chi connectivity index (χ1) is 47.4. The van der Waals surface area contributed by atoms with E-state index in [0.717, 1.165) is 25.3 Å². The van der Waals surface area contributed by atoms with Gasteiger partial charge in [0.1, 0.15) is 53.6 Å². The molecule has 11 N–H and O–H groups in total. The Labute approximate surface area is 589 Å². The van der Waals surface area contributed by atoms with Gasteiger partial charge in [-0.25, -0.2) is 18.8 Å². The highest BCUT2D eigenvalue weighted by molar-refractivity contribution is 6.32. The maximum Gasteiger partial charge on any atom is 0.350 e. The summed E-state index contributed by atoms with van der Waals surface area (Å²) in [5.41, 5.74) is -2.46. The number of Topliss-reactive ketones (excluding diaryl/α,β-unsaturated/α-hetero) is 2. The summed E-state index contributed by atoms with van der Waals surface area (Å²) in [5.74, 6) is -11.4. The molecule has 3 aromatic rings. The molecule has 4 aliphatic rings. The molecule has 1 saturated heterocycles. The summed E-state index contributed by atoms with van der Waals surface area (Å²) in [4.78, 5) is 150. The SMILES string of the molecule is COC(=O)[C@H](CCCCNC(=O)CCC(=O)O[C@@H](C(=O)O[C@H]1C[C@@]2(O)[C@@H](OC(=O)c3ccccc3)[C@@H]3[C@]4(CC(C)=O)CO[C@@H]4C[C@H](O)[C@@]3(C)C(=O)[C@H](O)C(=C1C)C2(C)C)[C@@H](NC(O)OC(C)(C)C)c1ccccc1)NC(=O)CC[C@@H](NC(=O)[C@H](C)NC(=O)/C=C/c1ccc(F)cc1Cl)C(N)=O. The fourth-order valence-corrected chi connectivity index (χ4v) is 14.4. The number of methoxy groups -OCH3 is 1. The minimum Gasteiger partial charge on any atom is -0.467 e. The Morgan fingerprint density at radius 1 is 0.851 bits per heavy atom. The first-order valence-electron chi connectivity index (χ1n) is 33.3. The lowest BCUT2D eigenvalue weighted by Crippen LogP contribution is -2.78. The zero-order chi connectivity index (χ0) is 74.7. The van der Waals surface area contributed by atoms with Crippen LogP contribution < -0.4 is 32.3 Å².